The Labute approximate surface area is 86.4 Å². The Morgan fingerprint density at radius 3 is 3.00 bits per heavy atom. The van der Waals surface area contributed by atoms with Crippen molar-refractivity contribution in [3.05, 3.63) is 22.4 Å². The molecule has 1 saturated carbocycles. The van der Waals surface area contributed by atoms with E-state index >= 15 is 0 Å². The van der Waals surface area contributed by atoms with Gasteiger partial charge in [0.2, 0.25) is 0 Å². The smallest absolute Gasteiger partial charge is 0.253 e. The molecule has 1 N–H and O–H groups in total. The van der Waals surface area contributed by atoms with Crippen LogP contribution in [0.15, 0.2) is 16.8 Å². The number of hydrogen-bond donors (Lipinski definition) is 1. The topological polar surface area (TPSA) is 52.9 Å². The summed E-state index contributed by atoms with van der Waals surface area (Å²) in [5.74, 6) is 0.243. The fourth-order valence-corrected chi connectivity index (χ4v) is 1.94. The van der Waals surface area contributed by atoms with Crippen molar-refractivity contribution in [2.24, 2.45) is 5.92 Å². The van der Waals surface area contributed by atoms with Crippen LogP contribution < -0.4 is 5.32 Å². The predicted molar refractivity (Wildman–Crippen MR) is 53.9 cm³/mol. The van der Waals surface area contributed by atoms with E-state index < -0.39 is 0 Å². The molecule has 1 fully saturated rings. The summed E-state index contributed by atoms with van der Waals surface area (Å²) in [6.07, 6.45) is 2.12. The highest BCUT2D eigenvalue weighted by molar-refractivity contribution is 7.08. The molecule has 0 aromatic carbocycles. The minimum absolute atomic E-state index is 0.135. The van der Waals surface area contributed by atoms with E-state index in [2.05, 4.69) is 11.4 Å². The number of nitrogens with one attached hydrogen (secondary N) is 1. The molecular weight excluding hydrogens is 196 g/mol. The molecule has 1 aromatic rings. The summed E-state index contributed by atoms with van der Waals surface area (Å²) >= 11 is 1.48. The average molecular weight is 206 g/mol. The van der Waals surface area contributed by atoms with Gasteiger partial charge in [0.15, 0.2) is 0 Å². The Balaban J connectivity index is 1.97. The highest BCUT2D eigenvalue weighted by atomic mass is 32.1. The number of rotatable bonds is 3. The molecule has 0 spiro atoms. The van der Waals surface area contributed by atoms with Crippen molar-refractivity contribution >= 4 is 17.2 Å². The predicted octanol–water partition coefficient (Wildman–Crippen LogP) is 1.78. The molecule has 1 amide bonds. The van der Waals surface area contributed by atoms with E-state index in [9.17, 15) is 4.79 Å². The minimum Gasteiger partial charge on any atom is -0.336 e. The maximum atomic E-state index is 11.6. The fourth-order valence-electron chi connectivity index (χ4n) is 1.30. The summed E-state index contributed by atoms with van der Waals surface area (Å²) in [6, 6.07) is 3.59. The van der Waals surface area contributed by atoms with Crippen LogP contribution in [-0.4, -0.2) is 11.9 Å². The van der Waals surface area contributed by atoms with E-state index in [0.717, 1.165) is 12.8 Å². The second kappa shape index (κ2) is 3.81. The lowest BCUT2D eigenvalue weighted by atomic mass is 10.2. The van der Waals surface area contributed by atoms with Crippen molar-refractivity contribution in [3.63, 3.8) is 0 Å². The third-order valence-electron chi connectivity index (χ3n) is 2.30. The molecule has 4 heteroatoms. The van der Waals surface area contributed by atoms with Crippen LogP contribution in [-0.2, 0) is 0 Å². The lowest BCUT2D eigenvalue weighted by Crippen LogP contribution is -2.34. The second-order valence-corrected chi connectivity index (χ2v) is 4.21. The van der Waals surface area contributed by atoms with Gasteiger partial charge in [-0.25, -0.2) is 0 Å². The summed E-state index contributed by atoms with van der Waals surface area (Å²) in [6.45, 7) is 0. The average Bonchev–Trinajstić information content (AvgIpc) is 2.88. The molecule has 1 aromatic heterocycles. The Morgan fingerprint density at radius 1 is 1.71 bits per heavy atom. The molecule has 1 heterocycles. The lowest BCUT2D eigenvalue weighted by Gasteiger charge is -2.08. The van der Waals surface area contributed by atoms with Gasteiger partial charge >= 0.3 is 0 Å². The molecule has 3 nitrogen and oxygen atoms in total. The standard InChI is InChI=1S/C10H10N2OS/c11-5-9(7-1-2-7)12-10(13)8-3-4-14-6-8/h3-4,6-7,9H,1-2H2,(H,12,13). The van der Waals surface area contributed by atoms with Gasteiger partial charge in [-0.1, -0.05) is 0 Å². The van der Waals surface area contributed by atoms with Crippen LogP contribution in [0.3, 0.4) is 0 Å². The van der Waals surface area contributed by atoms with Crippen LogP contribution in [0.1, 0.15) is 23.2 Å². The first-order chi connectivity index (χ1) is 6.81. The molecule has 72 valence electrons. The maximum absolute atomic E-state index is 11.6. The van der Waals surface area contributed by atoms with Crippen molar-refractivity contribution in [1.29, 1.82) is 5.26 Å². The molecule has 1 aliphatic rings. The minimum atomic E-state index is -0.303. The van der Waals surface area contributed by atoms with Gasteiger partial charge in [0.1, 0.15) is 6.04 Å². The Morgan fingerprint density at radius 2 is 2.50 bits per heavy atom. The van der Waals surface area contributed by atoms with Gasteiger partial charge in [0.05, 0.1) is 11.6 Å². The first-order valence-corrected chi connectivity index (χ1v) is 5.48. The third-order valence-corrected chi connectivity index (χ3v) is 2.99. The van der Waals surface area contributed by atoms with Crippen molar-refractivity contribution in [3.8, 4) is 6.07 Å². The zero-order valence-electron chi connectivity index (χ0n) is 7.56. The van der Waals surface area contributed by atoms with E-state index in [1.807, 2.05) is 5.38 Å². The highest BCUT2D eigenvalue weighted by Gasteiger charge is 2.32. The van der Waals surface area contributed by atoms with Gasteiger partial charge in [-0.15, -0.1) is 0 Å². The molecular formula is C10H10N2OS. The van der Waals surface area contributed by atoms with E-state index in [1.54, 1.807) is 11.4 Å². The van der Waals surface area contributed by atoms with Gasteiger partial charge in [0, 0.05) is 5.38 Å². The molecule has 0 aliphatic heterocycles. The molecule has 2 rings (SSSR count). The van der Waals surface area contributed by atoms with Gasteiger partial charge < -0.3 is 5.32 Å². The zero-order valence-corrected chi connectivity index (χ0v) is 8.38. The van der Waals surface area contributed by atoms with Crippen molar-refractivity contribution in [1.82, 2.24) is 5.32 Å². The van der Waals surface area contributed by atoms with E-state index in [-0.39, 0.29) is 11.9 Å². The van der Waals surface area contributed by atoms with Gasteiger partial charge in [-0.2, -0.15) is 16.6 Å². The third kappa shape index (κ3) is 1.94. The summed E-state index contributed by atoms with van der Waals surface area (Å²) in [5.41, 5.74) is 0.649. The molecule has 1 aliphatic carbocycles. The second-order valence-electron chi connectivity index (χ2n) is 3.43. The van der Waals surface area contributed by atoms with Crippen LogP contribution in [0.5, 0.6) is 0 Å². The molecule has 1 unspecified atom stereocenters. The van der Waals surface area contributed by atoms with Gasteiger partial charge in [-0.3, -0.25) is 4.79 Å². The van der Waals surface area contributed by atoms with Crippen LogP contribution in [0, 0.1) is 17.2 Å². The van der Waals surface area contributed by atoms with Crippen LogP contribution >= 0.6 is 11.3 Å². The normalized spacial score (nSPS) is 17.1. The van der Waals surface area contributed by atoms with Crippen LogP contribution in [0.4, 0.5) is 0 Å². The molecule has 14 heavy (non-hydrogen) atoms. The maximum Gasteiger partial charge on any atom is 0.253 e. The van der Waals surface area contributed by atoms with Gasteiger partial charge in [0.25, 0.3) is 5.91 Å². The van der Waals surface area contributed by atoms with Crippen molar-refractivity contribution < 1.29 is 4.79 Å². The van der Waals surface area contributed by atoms with Crippen LogP contribution in [0.25, 0.3) is 0 Å². The molecule has 0 radical (unpaired) electrons. The van der Waals surface area contributed by atoms with E-state index in [4.69, 9.17) is 5.26 Å². The van der Waals surface area contributed by atoms with Crippen LogP contribution in [0.2, 0.25) is 0 Å². The summed E-state index contributed by atoms with van der Waals surface area (Å²) < 4.78 is 0. The number of amides is 1. The number of carbonyl (C=O) groups excluding carboxylic acids is 1. The molecule has 1 atom stereocenters. The molecule has 0 bridgehead atoms. The SMILES string of the molecule is N#CC(NC(=O)c1ccsc1)C1CC1. The van der Waals surface area contributed by atoms with Crippen molar-refractivity contribution in [2.45, 2.75) is 18.9 Å². The Hall–Kier alpha value is -1.34. The monoisotopic (exact) mass is 206 g/mol. The number of carbonyl (C=O) groups is 1. The first kappa shape index (κ1) is 9.22. The Bertz CT molecular complexity index is 362. The highest BCUT2D eigenvalue weighted by Crippen LogP contribution is 2.32. The number of hydrogen-bond acceptors (Lipinski definition) is 3. The molecule has 0 saturated heterocycles. The fraction of sp³-hybridized carbons (Fsp3) is 0.400. The zero-order chi connectivity index (χ0) is 9.97. The number of nitriles is 1. The quantitative estimate of drug-likeness (QED) is 0.819. The number of nitrogens with zero attached hydrogens (tertiary/aromatic N) is 1. The van der Waals surface area contributed by atoms with E-state index in [0.29, 0.717) is 11.5 Å². The summed E-state index contributed by atoms with van der Waals surface area (Å²) in [4.78, 5) is 11.6. The largest absolute Gasteiger partial charge is 0.336 e. The van der Waals surface area contributed by atoms with Gasteiger partial charge in [-0.05, 0) is 30.2 Å². The summed E-state index contributed by atoms with van der Waals surface area (Å²) in [5, 5.41) is 15.2. The first-order valence-electron chi connectivity index (χ1n) is 4.54. The Kier molecular flexibility index (Phi) is 2.51. The summed E-state index contributed by atoms with van der Waals surface area (Å²) in [7, 11) is 0. The van der Waals surface area contributed by atoms with Crippen molar-refractivity contribution in [2.75, 3.05) is 0 Å². The lowest BCUT2D eigenvalue weighted by molar-refractivity contribution is 0.0942. The number of thiophene rings is 1. The van der Waals surface area contributed by atoms with E-state index in [1.165, 1.54) is 11.3 Å².